The fourth-order valence-electron chi connectivity index (χ4n) is 1.64. The maximum atomic E-state index is 11.6. The zero-order valence-corrected chi connectivity index (χ0v) is 10.6. The summed E-state index contributed by atoms with van der Waals surface area (Å²) in [6, 6.07) is 0.260. The zero-order chi connectivity index (χ0) is 12.0. The van der Waals surface area contributed by atoms with Crippen LogP contribution in [0.4, 0.5) is 0 Å². The molecule has 1 amide bonds. The van der Waals surface area contributed by atoms with Gasteiger partial charge in [-0.2, -0.15) is 0 Å². The van der Waals surface area contributed by atoms with Gasteiger partial charge in [-0.25, -0.2) is 5.84 Å². The Morgan fingerprint density at radius 2 is 1.93 bits per heavy atom. The minimum atomic E-state index is -0.114. The van der Waals surface area contributed by atoms with Crippen LogP contribution >= 0.6 is 0 Å². The first-order chi connectivity index (χ1) is 6.95. The van der Waals surface area contributed by atoms with Gasteiger partial charge in [0.25, 0.3) is 5.91 Å². The molecule has 0 spiro atoms. The highest BCUT2D eigenvalue weighted by Crippen LogP contribution is 2.14. The van der Waals surface area contributed by atoms with E-state index in [1.54, 1.807) is 0 Å². The van der Waals surface area contributed by atoms with Crippen molar-refractivity contribution in [1.29, 1.82) is 0 Å². The van der Waals surface area contributed by atoms with Gasteiger partial charge in [0.1, 0.15) is 0 Å². The second kappa shape index (κ2) is 6.80. The predicted octanol–water partition coefficient (Wildman–Crippen LogP) is 1.12. The van der Waals surface area contributed by atoms with Crippen molar-refractivity contribution in [2.75, 3.05) is 7.05 Å². The first-order valence-corrected chi connectivity index (χ1v) is 5.68. The zero-order valence-electron chi connectivity index (χ0n) is 10.6. The van der Waals surface area contributed by atoms with Gasteiger partial charge in [-0.1, -0.05) is 27.2 Å². The fraction of sp³-hybridized carbons (Fsp3) is 0.909. The predicted molar refractivity (Wildman–Crippen MR) is 63.1 cm³/mol. The lowest BCUT2D eigenvalue weighted by molar-refractivity contribution is -0.127. The number of hydrazine groups is 1. The van der Waals surface area contributed by atoms with Crippen LogP contribution in [0.2, 0.25) is 0 Å². The standard InChI is InChI=1S/C11H25N3O/c1-6-7-10(11(15)13-12)14(5)9(4)8(2)3/h8-10H,6-7,12H2,1-5H3,(H,13,15). The molecule has 0 aliphatic rings. The van der Waals surface area contributed by atoms with Crippen molar-refractivity contribution >= 4 is 5.91 Å². The molecule has 4 heteroatoms. The van der Waals surface area contributed by atoms with Crippen LogP contribution in [0.5, 0.6) is 0 Å². The van der Waals surface area contributed by atoms with E-state index in [0.717, 1.165) is 12.8 Å². The van der Waals surface area contributed by atoms with Gasteiger partial charge < -0.3 is 0 Å². The molecular weight excluding hydrogens is 190 g/mol. The summed E-state index contributed by atoms with van der Waals surface area (Å²) in [7, 11) is 1.99. The van der Waals surface area contributed by atoms with Gasteiger partial charge in [0, 0.05) is 6.04 Å². The Balaban J connectivity index is 4.53. The summed E-state index contributed by atoms with van der Waals surface area (Å²) >= 11 is 0. The first-order valence-electron chi connectivity index (χ1n) is 5.68. The van der Waals surface area contributed by atoms with E-state index >= 15 is 0 Å². The average Bonchev–Trinajstić information content (AvgIpc) is 2.22. The molecule has 0 aromatic heterocycles. The van der Waals surface area contributed by atoms with Gasteiger partial charge in [-0.15, -0.1) is 0 Å². The third kappa shape index (κ3) is 4.18. The van der Waals surface area contributed by atoms with Gasteiger partial charge in [0.05, 0.1) is 6.04 Å². The van der Waals surface area contributed by atoms with Crippen LogP contribution in [0.25, 0.3) is 0 Å². The van der Waals surface area contributed by atoms with Crippen LogP contribution in [0.1, 0.15) is 40.5 Å². The topological polar surface area (TPSA) is 58.4 Å². The lowest BCUT2D eigenvalue weighted by Gasteiger charge is -2.33. The number of nitrogens with two attached hydrogens (primary N) is 1. The van der Waals surface area contributed by atoms with E-state index in [2.05, 4.69) is 38.0 Å². The summed E-state index contributed by atoms with van der Waals surface area (Å²) in [6.07, 6.45) is 1.82. The second-order valence-corrected chi connectivity index (χ2v) is 4.46. The fourth-order valence-corrected chi connectivity index (χ4v) is 1.64. The van der Waals surface area contributed by atoms with Crippen molar-refractivity contribution in [2.24, 2.45) is 11.8 Å². The number of amides is 1. The summed E-state index contributed by atoms with van der Waals surface area (Å²) in [5.74, 6) is 5.63. The normalized spacial score (nSPS) is 15.5. The molecule has 0 fully saturated rings. The van der Waals surface area contributed by atoms with Gasteiger partial charge >= 0.3 is 0 Å². The maximum Gasteiger partial charge on any atom is 0.251 e. The van der Waals surface area contributed by atoms with Crippen LogP contribution in [-0.2, 0) is 4.79 Å². The number of carbonyl (C=O) groups is 1. The maximum absolute atomic E-state index is 11.6. The average molecular weight is 215 g/mol. The minimum absolute atomic E-state index is 0.0909. The van der Waals surface area contributed by atoms with Crippen molar-refractivity contribution in [1.82, 2.24) is 10.3 Å². The lowest BCUT2D eigenvalue weighted by atomic mass is 10.0. The first kappa shape index (κ1) is 14.4. The largest absolute Gasteiger partial charge is 0.293 e. The van der Waals surface area contributed by atoms with E-state index in [1.165, 1.54) is 0 Å². The van der Waals surface area contributed by atoms with Crippen molar-refractivity contribution in [3.05, 3.63) is 0 Å². The molecule has 0 aromatic rings. The van der Waals surface area contributed by atoms with Gasteiger partial charge in [-0.3, -0.25) is 15.1 Å². The number of rotatable bonds is 6. The molecule has 0 saturated carbocycles. The molecule has 2 unspecified atom stereocenters. The number of hydrogen-bond donors (Lipinski definition) is 2. The molecule has 0 aliphatic carbocycles. The summed E-state index contributed by atoms with van der Waals surface area (Å²) in [5.41, 5.74) is 2.24. The Morgan fingerprint density at radius 3 is 2.27 bits per heavy atom. The molecular formula is C11H25N3O. The van der Waals surface area contributed by atoms with E-state index in [0.29, 0.717) is 12.0 Å². The molecule has 0 saturated heterocycles. The molecule has 90 valence electrons. The van der Waals surface area contributed by atoms with Crippen molar-refractivity contribution in [3.63, 3.8) is 0 Å². The van der Waals surface area contributed by atoms with Gasteiger partial charge in [0.15, 0.2) is 0 Å². The Morgan fingerprint density at radius 1 is 1.40 bits per heavy atom. The summed E-state index contributed by atoms with van der Waals surface area (Å²) in [4.78, 5) is 13.7. The number of nitrogens with one attached hydrogen (secondary N) is 1. The summed E-state index contributed by atoms with van der Waals surface area (Å²) in [6.45, 7) is 8.52. The van der Waals surface area contributed by atoms with E-state index in [-0.39, 0.29) is 11.9 Å². The molecule has 0 aliphatic heterocycles. The Labute approximate surface area is 93.2 Å². The lowest BCUT2D eigenvalue weighted by Crippen LogP contribution is -2.51. The number of likely N-dealkylation sites (N-methyl/N-ethyl adjacent to an activating group) is 1. The molecule has 0 aromatic carbocycles. The highest BCUT2D eigenvalue weighted by molar-refractivity contribution is 5.81. The number of nitrogens with zero attached hydrogens (tertiary/aromatic N) is 1. The second-order valence-electron chi connectivity index (χ2n) is 4.46. The van der Waals surface area contributed by atoms with Crippen molar-refractivity contribution in [2.45, 2.75) is 52.6 Å². The van der Waals surface area contributed by atoms with Crippen LogP contribution in [-0.4, -0.2) is 29.9 Å². The number of carbonyl (C=O) groups excluding carboxylic acids is 1. The monoisotopic (exact) mass is 215 g/mol. The van der Waals surface area contributed by atoms with Crippen LogP contribution in [0, 0.1) is 5.92 Å². The van der Waals surface area contributed by atoms with Crippen LogP contribution < -0.4 is 11.3 Å². The van der Waals surface area contributed by atoms with Gasteiger partial charge in [0.2, 0.25) is 0 Å². The molecule has 0 radical (unpaired) electrons. The van der Waals surface area contributed by atoms with Crippen LogP contribution in [0.3, 0.4) is 0 Å². The Kier molecular flexibility index (Phi) is 6.52. The molecule has 15 heavy (non-hydrogen) atoms. The molecule has 0 rings (SSSR count). The third-order valence-corrected chi connectivity index (χ3v) is 3.11. The highest BCUT2D eigenvalue weighted by atomic mass is 16.2. The van der Waals surface area contributed by atoms with E-state index in [1.807, 2.05) is 7.05 Å². The summed E-state index contributed by atoms with van der Waals surface area (Å²) in [5, 5.41) is 0. The van der Waals surface area contributed by atoms with Crippen molar-refractivity contribution in [3.8, 4) is 0 Å². The minimum Gasteiger partial charge on any atom is -0.293 e. The van der Waals surface area contributed by atoms with E-state index in [9.17, 15) is 4.79 Å². The Bertz CT molecular complexity index is 194. The SMILES string of the molecule is CCCC(C(=O)NN)N(C)C(C)C(C)C. The molecule has 0 bridgehead atoms. The highest BCUT2D eigenvalue weighted by Gasteiger charge is 2.26. The van der Waals surface area contributed by atoms with E-state index < -0.39 is 0 Å². The molecule has 2 atom stereocenters. The summed E-state index contributed by atoms with van der Waals surface area (Å²) < 4.78 is 0. The molecule has 0 heterocycles. The molecule has 3 N–H and O–H groups in total. The third-order valence-electron chi connectivity index (χ3n) is 3.11. The smallest absolute Gasteiger partial charge is 0.251 e. The van der Waals surface area contributed by atoms with Crippen LogP contribution in [0.15, 0.2) is 0 Å². The number of hydrogen-bond acceptors (Lipinski definition) is 3. The Hall–Kier alpha value is -0.610. The van der Waals surface area contributed by atoms with Gasteiger partial charge in [-0.05, 0) is 26.3 Å². The van der Waals surface area contributed by atoms with Crippen molar-refractivity contribution < 1.29 is 4.79 Å². The molecule has 4 nitrogen and oxygen atoms in total. The quantitative estimate of drug-likeness (QED) is 0.396. The van der Waals surface area contributed by atoms with E-state index in [4.69, 9.17) is 5.84 Å².